The SMILES string of the molecule is CCC1(O)CC2CN(CCc3c([nH]c4ccccc34)C(C(=O)OC)(c3cc4c(cc3OC)N(C)C3C(O)(C(=O)O)C(O)C5(CC)C=CCN6CCC43C65)C2)C1. The fraction of sp³-hybridized carbons (Fsp3) is 0.581. The largest absolute Gasteiger partial charge is 0.496 e. The fourth-order valence-corrected chi connectivity index (χ4v) is 13.0. The lowest BCUT2D eigenvalue weighted by Gasteiger charge is -2.62. The average Bonchev–Trinajstić information content (AvgIpc) is 3.84. The Bertz CT molecular complexity index is 2120. The van der Waals surface area contributed by atoms with Crippen molar-refractivity contribution in [1.29, 1.82) is 0 Å². The predicted octanol–water partition coefficient (Wildman–Crippen LogP) is 3.33. The van der Waals surface area contributed by atoms with Gasteiger partial charge in [-0.15, -0.1) is 0 Å². The first-order chi connectivity index (χ1) is 26.3. The first kappa shape index (κ1) is 36.7. The molecule has 6 heterocycles. The number of nitrogens with one attached hydrogen (secondary N) is 1. The van der Waals surface area contributed by atoms with Crippen LogP contribution in [-0.2, 0) is 31.6 Å². The number of aliphatic carboxylic acids is 1. The average molecular weight is 755 g/mol. The minimum atomic E-state index is -2.52. The molecule has 0 amide bonds. The summed E-state index contributed by atoms with van der Waals surface area (Å²) < 4.78 is 12.2. The van der Waals surface area contributed by atoms with Gasteiger partial charge in [0.25, 0.3) is 0 Å². The molecule has 2 saturated heterocycles. The molecule has 10 atom stereocenters. The molecule has 294 valence electrons. The summed E-state index contributed by atoms with van der Waals surface area (Å²) in [5.41, 5.74) is -2.07. The maximum Gasteiger partial charge on any atom is 0.340 e. The van der Waals surface area contributed by atoms with Crippen LogP contribution in [0.25, 0.3) is 10.9 Å². The van der Waals surface area contributed by atoms with Crippen LogP contribution < -0.4 is 9.64 Å². The molecule has 3 aromatic rings. The van der Waals surface area contributed by atoms with Gasteiger partial charge in [0.15, 0.2) is 0 Å². The number of carbonyl (C=O) groups is 2. The van der Waals surface area contributed by atoms with E-state index in [1.807, 2.05) is 55.2 Å². The number of carboxylic acids is 1. The predicted molar refractivity (Wildman–Crippen MR) is 207 cm³/mol. The number of piperidine rings is 1. The number of anilines is 1. The van der Waals surface area contributed by atoms with Gasteiger partial charge >= 0.3 is 11.9 Å². The van der Waals surface area contributed by atoms with Crippen molar-refractivity contribution in [1.82, 2.24) is 14.8 Å². The van der Waals surface area contributed by atoms with Crippen LogP contribution in [0, 0.1) is 11.3 Å². The van der Waals surface area contributed by atoms with Gasteiger partial charge in [-0.1, -0.05) is 44.2 Å². The Kier molecular flexibility index (Phi) is 8.19. The van der Waals surface area contributed by atoms with Crippen LogP contribution in [0.2, 0.25) is 0 Å². The standard InChI is InChI=1S/C43H54N4O8/c1-6-39(52)21-25-22-42(38(51)55-5,33-27(13-17-46(23-25)24-39)26-11-8-9-12-30(26)44-33)29-19-28-31(20-32(29)54-4)45(3)35-41(28)15-18-47-16-10-14-40(7-2,34(41)47)36(48)43(35,53)37(49)50/h8-12,14,19-20,25,34-36,44,48,52-53H,6-7,13,15-18,21-24H2,1-5H3,(H,49,50). The molecule has 5 aliphatic heterocycles. The number of rotatable bonds is 6. The van der Waals surface area contributed by atoms with Gasteiger partial charge < -0.3 is 39.8 Å². The summed E-state index contributed by atoms with van der Waals surface area (Å²) in [4.78, 5) is 38.9. The maximum absolute atomic E-state index is 15.2. The van der Waals surface area contributed by atoms with E-state index >= 15 is 4.79 Å². The molecule has 5 N–H and O–H groups in total. The van der Waals surface area contributed by atoms with E-state index in [0.29, 0.717) is 88.2 Å². The second kappa shape index (κ2) is 12.3. The van der Waals surface area contributed by atoms with E-state index in [1.165, 1.54) is 7.11 Å². The topological polar surface area (TPSA) is 159 Å². The molecule has 12 heteroatoms. The number of para-hydroxylation sites is 1. The van der Waals surface area contributed by atoms with Crippen molar-refractivity contribution < 1.29 is 39.5 Å². The van der Waals surface area contributed by atoms with Crippen LogP contribution >= 0.6 is 0 Å². The number of carbonyl (C=O) groups excluding carboxylic acids is 1. The number of aliphatic hydroxyl groups excluding tert-OH is 1. The third-order valence-corrected chi connectivity index (χ3v) is 15.2. The lowest BCUT2D eigenvalue weighted by molar-refractivity contribution is -0.215. The van der Waals surface area contributed by atoms with Crippen molar-refractivity contribution in [3.63, 3.8) is 0 Å². The number of fused-ring (bicyclic) bond motifs is 6. The zero-order valence-corrected chi connectivity index (χ0v) is 32.5. The van der Waals surface area contributed by atoms with E-state index in [1.54, 1.807) is 14.2 Å². The monoisotopic (exact) mass is 754 g/mol. The number of likely N-dealkylation sites (N-methyl/N-ethyl adjacent to an activating group) is 1. The van der Waals surface area contributed by atoms with Crippen LogP contribution in [-0.4, -0.2) is 131 Å². The van der Waals surface area contributed by atoms with Crippen molar-refractivity contribution >= 4 is 28.5 Å². The van der Waals surface area contributed by atoms with Crippen LogP contribution in [0.15, 0.2) is 48.6 Å². The number of nitrogens with zero attached hydrogens (tertiary/aromatic N) is 3. The number of carboxylic acid groups (broad SMARTS) is 1. The second-order valence-electron chi connectivity index (χ2n) is 17.4. The van der Waals surface area contributed by atoms with Crippen molar-refractivity contribution in [2.75, 3.05) is 58.9 Å². The molecule has 9 rings (SSSR count). The van der Waals surface area contributed by atoms with Gasteiger partial charge in [-0.05, 0) is 74.2 Å². The van der Waals surface area contributed by atoms with Crippen LogP contribution in [0.1, 0.15) is 68.3 Å². The van der Waals surface area contributed by atoms with E-state index in [4.69, 9.17) is 9.47 Å². The Morgan fingerprint density at radius 2 is 1.80 bits per heavy atom. The highest BCUT2D eigenvalue weighted by molar-refractivity contribution is 5.94. The van der Waals surface area contributed by atoms with E-state index in [2.05, 4.69) is 26.9 Å². The van der Waals surface area contributed by atoms with Gasteiger partial charge in [0.1, 0.15) is 17.3 Å². The third-order valence-electron chi connectivity index (χ3n) is 15.2. The molecule has 55 heavy (non-hydrogen) atoms. The zero-order chi connectivity index (χ0) is 38.9. The van der Waals surface area contributed by atoms with Crippen molar-refractivity contribution in [3.05, 3.63) is 70.9 Å². The molecule has 3 fully saturated rings. The number of benzene rings is 2. The normalized spacial score (nSPS) is 39.0. The fourth-order valence-electron chi connectivity index (χ4n) is 13.0. The number of esters is 1. The van der Waals surface area contributed by atoms with Crippen LogP contribution in [0.5, 0.6) is 5.75 Å². The first-order valence-electron chi connectivity index (χ1n) is 19.9. The second-order valence-corrected chi connectivity index (χ2v) is 17.4. The number of methoxy groups -OCH3 is 2. The van der Waals surface area contributed by atoms with E-state index in [0.717, 1.165) is 27.7 Å². The summed E-state index contributed by atoms with van der Waals surface area (Å²) in [7, 11) is 4.80. The minimum Gasteiger partial charge on any atom is -0.496 e. The molecule has 1 saturated carbocycles. The Morgan fingerprint density at radius 1 is 1.02 bits per heavy atom. The number of aromatic nitrogens is 1. The first-order valence-corrected chi connectivity index (χ1v) is 19.9. The molecule has 2 bridgehead atoms. The van der Waals surface area contributed by atoms with E-state index in [-0.39, 0.29) is 12.0 Å². The molecule has 0 radical (unpaired) electrons. The summed E-state index contributed by atoms with van der Waals surface area (Å²) in [6.45, 7) is 7.23. The summed E-state index contributed by atoms with van der Waals surface area (Å²) in [6.07, 6.45) is 5.39. The van der Waals surface area contributed by atoms with Crippen LogP contribution in [0.4, 0.5) is 5.69 Å². The van der Waals surface area contributed by atoms with E-state index in [9.17, 15) is 25.2 Å². The molecular weight excluding hydrogens is 700 g/mol. The van der Waals surface area contributed by atoms with E-state index < -0.39 is 51.5 Å². The summed E-state index contributed by atoms with van der Waals surface area (Å²) in [5.74, 6) is -1.57. The Labute approximate surface area is 321 Å². The number of H-pyrrole nitrogens is 1. The maximum atomic E-state index is 15.2. The number of aliphatic hydroxyl groups is 3. The smallest absolute Gasteiger partial charge is 0.340 e. The Balaban J connectivity index is 1.36. The Hall–Kier alpha value is -3.94. The molecule has 12 nitrogen and oxygen atoms in total. The number of hydrogen-bond acceptors (Lipinski definition) is 10. The summed E-state index contributed by atoms with van der Waals surface area (Å²) >= 11 is 0. The molecule has 1 aromatic heterocycles. The molecular formula is C43H54N4O8. The van der Waals surface area contributed by atoms with Gasteiger partial charge in [0.05, 0.1) is 25.9 Å². The van der Waals surface area contributed by atoms with Gasteiger partial charge in [0.2, 0.25) is 5.60 Å². The van der Waals surface area contributed by atoms with Gasteiger partial charge in [0, 0.05) is 84.0 Å². The van der Waals surface area contributed by atoms with Crippen molar-refractivity contribution in [2.45, 2.75) is 92.6 Å². The molecule has 10 unspecified atom stereocenters. The highest BCUT2D eigenvalue weighted by Gasteiger charge is 2.79. The molecule has 2 aromatic carbocycles. The molecule has 1 spiro atoms. The molecule has 1 aliphatic carbocycles. The summed E-state index contributed by atoms with van der Waals surface area (Å²) in [6, 6.07) is 10.7. The van der Waals surface area contributed by atoms with Gasteiger partial charge in [-0.2, -0.15) is 0 Å². The minimum absolute atomic E-state index is 0.0955. The zero-order valence-electron chi connectivity index (χ0n) is 32.5. The quantitative estimate of drug-likeness (QED) is 0.186. The van der Waals surface area contributed by atoms with Crippen molar-refractivity contribution in [2.24, 2.45) is 11.3 Å². The highest BCUT2D eigenvalue weighted by Crippen LogP contribution is 2.67. The lowest BCUT2D eigenvalue weighted by Crippen LogP contribution is -2.80. The number of ether oxygens (including phenoxy) is 2. The summed E-state index contributed by atoms with van der Waals surface area (Å²) in [5, 5.41) is 48.7. The van der Waals surface area contributed by atoms with Crippen LogP contribution in [0.3, 0.4) is 0 Å². The number of hydrogen-bond donors (Lipinski definition) is 5. The highest BCUT2D eigenvalue weighted by atomic mass is 16.5. The van der Waals surface area contributed by atoms with Gasteiger partial charge in [-0.3, -0.25) is 14.6 Å². The van der Waals surface area contributed by atoms with Crippen molar-refractivity contribution in [3.8, 4) is 5.75 Å². The molecule has 6 aliphatic rings. The lowest BCUT2D eigenvalue weighted by atomic mass is 9.47. The number of aromatic amines is 1. The Morgan fingerprint density at radius 3 is 2.51 bits per heavy atom. The third kappa shape index (κ3) is 4.51. The van der Waals surface area contributed by atoms with Gasteiger partial charge in [-0.25, -0.2) is 4.79 Å².